The average Bonchev–Trinajstić information content (AvgIpc) is 2.95. The van der Waals surface area contributed by atoms with E-state index in [1.807, 2.05) is 11.1 Å². The van der Waals surface area contributed by atoms with Gasteiger partial charge in [0.1, 0.15) is 12.2 Å². The third-order valence-corrected chi connectivity index (χ3v) is 5.07. The molecule has 1 N–H and O–H groups in total. The molecule has 0 saturated carbocycles. The van der Waals surface area contributed by atoms with Crippen molar-refractivity contribution in [3.63, 3.8) is 0 Å². The molecule has 0 fully saturated rings. The van der Waals surface area contributed by atoms with Crippen LogP contribution < -0.4 is 10.3 Å². The van der Waals surface area contributed by atoms with E-state index in [0.29, 0.717) is 28.0 Å². The lowest BCUT2D eigenvalue weighted by Crippen LogP contribution is -2.41. The van der Waals surface area contributed by atoms with Gasteiger partial charge < -0.3 is 5.32 Å². The number of anilines is 1. The van der Waals surface area contributed by atoms with Gasteiger partial charge in [0, 0.05) is 17.8 Å². The van der Waals surface area contributed by atoms with Crippen molar-refractivity contribution in [2.24, 2.45) is 10.5 Å². The summed E-state index contributed by atoms with van der Waals surface area (Å²) in [4.78, 5) is 20.2. The molecule has 2 heterocycles. The standard InChI is InChI=1S/C17H17Cl2N5O/c1-3-17(2)9-24(12-4-5-13(18)14(19)6-12)23-16(17)22-15(25)11-7-20-10-21-8-11/h4-8,10H,3,9H2,1-2H3,(H,22,23,25)/t17-/m1/s1. The molecular formula is C17H17Cl2N5O. The first kappa shape index (κ1) is 17.6. The summed E-state index contributed by atoms with van der Waals surface area (Å²) in [5.41, 5.74) is 0.912. The highest BCUT2D eigenvalue weighted by Crippen LogP contribution is 2.35. The minimum Gasteiger partial charge on any atom is -0.308 e. The van der Waals surface area contributed by atoms with Crippen LogP contribution >= 0.6 is 23.2 Å². The van der Waals surface area contributed by atoms with Crippen molar-refractivity contribution in [1.82, 2.24) is 15.3 Å². The summed E-state index contributed by atoms with van der Waals surface area (Å²) in [7, 11) is 0. The molecule has 1 aliphatic heterocycles. The third kappa shape index (κ3) is 3.60. The molecule has 0 bridgehead atoms. The topological polar surface area (TPSA) is 70.5 Å². The Bertz CT molecular complexity index is 827. The number of halogens is 2. The van der Waals surface area contributed by atoms with Gasteiger partial charge in [-0.25, -0.2) is 9.97 Å². The van der Waals surface area contributed by atoms with Gasteiger partial charge >= 0.3 is 0 Å². The maximum Gasteiger partial charge on any atom is 0.259 e. The first-order valence-corrected chi connectivity index (χ1v) is 8.56. The van der Waals surface area contributed by atoms with Crippen molar-refractivity contribution < 1.29 is 4.79 Å². The van der Waals surface area contributed by atoms with Crippen molar-refractivity contribution in [3.8, 4) is 0 Å². The fourth-order valence-electron chi connectivity index (χ4n) is 2.53. The van der Waals surface area contributed by atoms with Crippen LogP contribution in [-0.4, -0.2) is 28.3 Å². The molecule has 1 atom stereocenters. The molecule has 0 aliphatic carbocycles. The van der Waals surface area contributed by atoms with Gasteiger partial charge in [0.2, 0.25) is 0 Å². The molecule has 1 amide bonds. The van der Waals surface area contributed by atoms with Gasteiger partial charge in [0.25, 0.3) is 5.91 Å². The Labute approximate surface area is 155 Å². The predicted octanol–water partition coefficient (Wildman–Crippen LogP) is 3.76. The average molecular weight is 378 g/mol. The van der Waals surface area contributed by atoms with Crippen LogP contribution in [0.4, 0.5) is 5.69 Å². The van der Waals surface area contributed by atoms with Crippen LogP contribution in [0.2, 0.25) is 10.0 Å². The Morgan fingerprint density at radius 3 is 2.64 bits per heavy atom. The Morgan fingerprint density at radius 2 is 2.00 bits per heavy atom. The van der Waals surface area contributed by atoms with Crippen LogP contribution in [0.1, 0.15) is 30.6 Å². The van der Waals surface area contributed by atoms with E-state index in [9.17, 15) is 4.79 Å². The fourth-order valence-corrected chi connectivity index (χ4v) is 2.82. The smallest absolute Gasteiger partial charge is 0.259 e. The summed E-state index contributed by atoms with van der Waals surface area (Å²) in [6.45, 7) is 4.75. The largest absolute Gasteiger partial charge is 0.308 e. The Hall–Kier alpha value is -2.18. The Balaban J connectivity index is 1.87. The molecule has 2 aromatic rings. The van der Waals surface area contributed by atoms with E-state index in [1.165, 1.54) is 18.7 Å². The quantitative estimate of drug-likeness (QED) is 0.883. The number of amides is 1. The summed E-state index contributed by atoms with van der Waals surface area (Å²) in [5.74, 6) is 0.324. The highest BCUT2D eigenvalue weighted by atomic mass is 35.5. The number of hydrogen-bond donors (Lipinski definition) is 1. The summed E-state index contributed by atoms with van der Waals surface area (Å²) < 4.78 is 0. The van der Waals surface area contributed by atoms with Crippen LogP contribution in [0.25, 0.3) is 0 Å². The predicted molar refractivity (Wildman–Crippen MR) is 99.1 cm³/mol. The highest BCUT2D eigenvalue weighted by Gasteiger charge is 2.38. The van der Waals surface area contributed by atoms with E-state index < -0.39 is 0 Å². The normalized spacial score (nSPS) is 19.7. The Kier molecular flexibility index (Phi) is 4.92. The van der Waals surface area contributed by atoms with Crippen molar-refractivity contribution in [1.29, 1.82) is 0 Å². The number of hydrogen-bond acceptors (Lipinski definition) is 5. The zero-order valence-corrected chi connectivity index (χ0v) is 15.3. The van der Waals surface area contributed by atoms with Crippen molar-refractivity contribution in [2.75, 3.05) is 11.6 Å². The zero-order chi connectivity index (χ0) is 18.0. The molecular weight excluding hydrogens is 361 g/mol. The summed E-state index contributed by atoms with van der Waals surface area (Å²) in [5, 5.41) is 10.3. The Morgan fingerprint density at radius 1 is 1.28 bits per heavy atom. The van der Waals surface area contributed by atoms with E-state index >= 15 is 0 Å². The van der Waals surface area contributed by atoms with Crippen LogP contribution in [0.3, 0.4) is 0 Å². The highest BCUT2D eigenvalue weighted by molar-refractivity contribution is 6.42. The van der Waals surface area contributed by atoms with Crippen molar-refractivity contribution in [2.45, 2.75) is 20.3 Å². The number of carbonyl (C=O) groups is 1. The molecule has 3 rings (SSSR count). The molecule has 1 aromatic heterocycles. The van der Waals surface area contributed by atoms with E-state index in [-0.39, 0.29) is 11.3 Å². The van der Waals surface area contributed by atoms with E-state index in [0.717, 1.165) is 12.1 Å². The van der Waals surface area contributed by atoms with Gasteiger partial charge in [-0.3, -0.25) is 9.80 Å². The molecule has 0 radical (unpaired) electrons. The first-order valence-electron chi connectivity index (χ1n) is 7.81. The minimum absolute atomic E-state index is 0.282. The zero-order valence-electron chi connectivity index (χ0n) is 13.8. The number of carbonyl (C=O) groups excluding carboxylic acids is 1. The summed E-state index contributed by atoms with van der Waals surface area (Å²) >= 11 is 12.1. The van der Waals surface area contributed by atoms with E-state index in [2.05, 4.69) is 34.2 Å². The maximum atomic E-state index is 12.4. The number of rotatable bonds is 3. The number of aromatic nitrogens is 2. The number of nitrogens with zero attached hydrogens (tertiary/aromatic N) is 4. The molecule has 0 unspecified atom stereocenters. The summed E-state index contributed by atoms with van der Waals surface area (Å²) in [6, 6.07) is 5.35. The van der Waals surface area contributed by atoms with E-state index in [4.69, 9.17) is 23.2 Å². The molecule has 25 heavy (non-hydrogen) atoms. The number of hydrazone groups is 1. The van der Waals surface area contributed by atoms with Crippen LogP contribution in [0, 0.1) is 5.41 Å². The second-order valence-corrected chi connectivity index (χ2v) is 6.91. The molecule has 6 nitrogen and oxygen atoms in total. The molecule has 0 spiro atoms. The lowest BCUT2D eigenvalue weighted by molar-refractivity contribution is 0.0973. The van der Waals surface area contributed by atoms with Gasteiger partial charge in [0.05, 0.1) is 27.8 Å². The molecule has 1 aromatic carbocycles. The lowest BCUT2D eigenvalue weighted by atomic mass is 9.86. The van der Waals surface area contributed by atoms with Crippen molar-refractivity contribution in [3.05, 3.63) is 52.5 Å². The van der Waals surface area contributed by atoms with Gasteiger partial charge in [-0.05, 0) is 24.6 Å². The SMILES string of the molecule is CC[C@]1(C)CN(c2ccc(Cl)c(Cl)c2)N=C1NC(=O)c1cncnc1. The molecule has 130 valence electrons. The second-order valence-electron chi connectivity index (χ2n) is 6.10. The molecule has 8 heteroatoms. The maximum absolute atomic E-state index is 12.4. The van der Waals surface area contributed by atoms with Gasteiger partial charge in [0.15, 0.2) is 0 Å². The number of nitrogens with one attached hydrogen (secondary N) is 1. The molecule has 1 aliphatic rings. The van der Waals surface area contributed by atoms with Crippen LogP contribution in [0.15, 0.2) is 42.0 Å². The van der Waals surface area contributed by atoms with E-state index in [1.54, 1.807) is 12.1 Å². The monoisotopic (exact) mass is 377 g/mol. The number of amidine groups is 1. The lowest BCUT2D eigenvalue weighted by Gasteiger charge is -2.25. The summed E-state index contributed by atoms with van der Waals surface area (Å²) in [6.07, 6.45) is 5.14. The molecule has 0 saturated heterocycles. The van der Waals surface area contributed by atoms with Crippen LogP contribution in [0.5, 0.6) is 0 Å². The second kappa shape index (κ2) is 6.98. The first-order chi connectivity index (χ1) is 11.9. The van der Waals surface area contributed by atoms with Gasteiger partial charge in [-0.1, -0.05) is 37.0 Å². The van der Waals surface area contributed by atoms with Gasteiger partial charge in [-0.15, -0.1) is 0 Å². The van der Waals surface area contributed by atoms with Crippen LogP contribution in [-0.2, 0) is 0 Å². The fraction of sp³-hybridized carbons (Fsp3) is 0.294. The number of benzene rings is 1. The van der Waals surface area contributed by atoms with Crippen molar-refractivity contribution >= 4 is 40.6 Å². The third-order valence-electron chi connectivity index (χ3n) is 4.33. The van der Waals surface area contributed by atoms with Gasteiger partial charge in [-0.2, -0.15) is 5.10 Å². The minimum atomic E-state index is -0.294.